The summed E-state index contributed by atoms with van der Waals surface area (Å²) in [5.74, 6) is 0.188. The molecule has 1 aromatic carbocycles. The smallest absolute Gasteiger partial charge is 0.0982 e. The second kappa shape index (κ2) is 4.22. The van der Waals surface area contributed by atoms with Gasteiger partial charge in [-0.05, 0) is 30.5 Å². The van der Waals surface area contributed by atoms with Crippen molar-refractivity contribution in [3.05, 3.63) is 41.6 Å². The third kappa shape index (κ3) is 1.93. The van der Waals surface area contributed by atoms with E-state index in [1.54, 1.807) is 0 Å². The number of rotatable bonds is 2. The molecule has 1 N–H and O–H groups in total. The maximum absolute atomic E-state index is 10.0. The topological polar surface area (TPSA) is 33.1 Å². The lowest BCUT2D eigenvalue weighted by molar-refractivity contribution is 0.123. The maximum atomic E-state index is 10.0. The molecule has 0 amide bonds. The summed E-state index contributed by atoms with van der Waals surface area (Å²) in [6.07, 6.45) is -0.483. The minimum absolute atomic E-state index is 0.188. The van der Waals surface area contributed by atoms with E-state index in [0.717, 1.165) is 16.6 Å². The first-order valence-corrected chi connectivity index (χ1v) is 5.64. The van der Waals surface area contributed by atoms with Crippen molar-refractivity contribution in [2.45, 2.75) is 26.9 Å². The molecule has 0 spiro atoms. The fourth-order valence-electron chi connectivity index (χ4n) is 1.87. The zero-order valence-corrected chi connectivity index (χ0v) is 9.94. The largest absolute Gasteiger partial charge is 0.387 e. The van der Waals surface area contributed by atoms with Crippen molar-refractivity contribution in [1.82, 2.24) is 4.98 Å². The molecule has 0 saturated carbocycles. The van der Waals surface area contributed by atoms with Crippen molar-refractivity contribution < 1.29 is 5.11 Å². The first-order valence-electron chi connectivity index (χ1n) is 5.64. The average molecular weight is 215 g/mol. The molecule has 0 saturated heterocycles. The summed E-state index contributed by atoms with van der Waals surface area (Å²) in [6, 6.07) is 10.0. The third-order valence-electron chi connectivity index (χ3n) is 2.88. The molecule has 2 heteroatoms. The van der Waals surface area contributed by atoms with Gasteiger partial charge in [0.15, 0.2) is 0 Å². The van der Waals surface area contributed by atoms with Gasteiger partial charge in [-0.2, -0.15) is 0 Å². The Kier molecular flexibility index (Phi) is 2.92. The van der Waals surface area contributed by atoms with E-state index >= 15 is 0 Å². The SMILES string of the molecule is Cc1cc(C(O)C(C)C)nc2ccccc12. The Labute approximate surface area is 96.0 Å². The van der Waals surface area contributed by atoms with Crippen LogP contribution in [0.1, 0.15) is 31.2 Å². The third-order valence-corrected chi connectivity index (χ3v) is 2.88. The highest BCUT2D eigenvalue weighted by Crippen LogP contribution is 2.24. The quantitative estimate of drug-likeness (QED) is 0.834. The number of nitrogens with zero attached hydrogens (tertiary/aromatic N) is 1. The number of aryl methyl sites for hydroxylation is 1. The molecule has 2 aromatic rings. The van der Waals surface area contributed by atoms with E-state index in [9.17, 15) is 5.11 Å². The molecule has 16 heavy (non-hydrogen) atoms. The molecule has 2 rings (SSSR count). The van der Waals surface area contributed by atoms with Crippen LogP contribution in [0.3, 0.4) is 0 Å². The molecule has 1 heterocycles. The van der Waals surface area contributed by atoms with Gasteiger partial charge >= 0.3 is 0 Å². The van der Waals surface area contributed by atoms with Gasteiger partial charge in [-0.3, -0.25) is 4.98 Å². The van der Waals surface area contributed by atoms with E-state index in [2.05, 4.69) is 18.0 Å². The van der Waals surface area contributed by atoms with Crippen molar-refractivity contribution in [3.63, 3.8) is 0 Å². The first kappa shape index (κ1) is 11.1. The molecular formula is C14H17NO. The van der Waals surface area contributed by atoms with E-state index < -0.39 is 6.10 Å². The lowest BCUT2D eigenvalue weighted by Gasteiger charge is -2.15. The zero-order chi connectivity index (χ0) is 11.7. The average Bonchev–Trinajstić information content (AvgIpc) is 2.28. The number of hydrogen-bond donors (Lipinski definition) is 1. The Morgan fingerprint density at radius 1 is 1.19 bits per heavy atom. The number of aromatic nitrogens is 1. The van der Waals surface area contributed by atoms with Gasteiger partial charge in [-0.15, -0.1) is 0 Å². The molecule has 0 fully saturated rings. The van der Waals surface area contributed by atoms with Crippen LogP contribution in [-0.4, -0.2) is 10.1 Å². The fourth-order valence-corrected chi connectivity index (χ4v) is 1.87. The van der Waals surface area contributed by atoms with Gasteiger partial charge in [0.05, 0.1) is 17.3 Å². The molecule has 0 bridgehead atoms. The van der Waals surface area contributed by atoms with Gasteiger partial charge < -0.3 is 5.11 Å². The van der Waals surface area contributed by atoms with Gasteiger partial charge in [-0.1, -0.05) is 32.0 Å². The van der Waals surface area contributed by atoms with Crippen molar-refractivity contribution in [1.29, 1.82) is 0 Å². The van der Waals surface area contributed by atoms with Crippen molar-refractivity contribution in [2.24, 2.45) is 5.92 Å². The fraction of sp³-hybridized carbons (Fsp3) is 0.357. The van der Waals surface area contributed by atoms with E-state index in [-0.39, 0.29) is 5.92 Å². The van der Waals surface area contributed by atoms with Gasteiger partial charge in [0.2, 0.25) is 0 Å². The number of fused-ring (bicyclic) bond motifs is 1. The summed E-state index contributed by atoms with van der Waals surface area (Å²) >= 11 is 0. The number of para-hydroxylation sites is 1. The van der Waals surface area contributed by atoms with Crippen LogP contribution in [0.25, 0.3) is 10.9 Å². The molecular weight excluding hydrogens is 198 g/mol. The molecule has 2 nitrogen and oxygen atoms in total. The minimum atomic E-state index is -0.483. The molecule has 0 aliphatic carbocycles. The second-order valence-corrected chi connectivity index (χ2v) is 4.57. The van der Waals surface area contributed by atoms with Crippen LogP contribution < -0.4 is 0 Å². The van der Waals surface area contributed by atoms with Gasteiger partial charge in [0.25, 0.3) is 0 Å². The summed E-state index contributed by atoms with van der Waals surface area (Å²) in [5, 5.41) is 11.2. The number of aliphatic hydroxyl groups excluding tert-OH is 1. The molecule has 1 aromatic heterocycles. The minimum Gasteiger partial charge on any atom is -0.387 e. The highest BCUT2D eigenvalue weighted by Gasteiger charge is 2.14. The maximum Gasteiger partial charge on any atom is 0.0982 e. The zero-order valence-electron chi connectivity index (χ0n) is 9.94. The van der Waals surface area contributed by atoms with Crippen molar-refractivity contribution in [3.8, 4) is 0 Å². The molecule has 0 aliphatic rings. The lowest BCUT2D eigenvalue weighted by Crippen LogP contribution is -2.08. The van der Waals surface area contributed by atoms with E-state index in [1.165, 1.54) is 5.56 Å². The molecule has 1 atom stereocenters. The first-order chi connectivity index (χ1) is 7.59. The van der Waals surface area contributed by atoms with Crippen LogP contribution in [0, 0.1) is 12.8 Å². The Morgan fingerprint density at radius 2 is 1.88 bits per heavy atom. The number of pyridine rings is 1. The highest BCUT2D eigenvalue weighted by molar-refractivity contribution is 5.82. The Balaban J connectivity index is 2.58. The molecule has 0 aliphatic heterocycles. The van der Waals surface area contributed by atoms with Crippen molar-refractivity contribution >= 4 is 10.9 Å². The lowest BCUT2D eigenvalue weighted by atomic mass is 10.0. The van der Waals surface area contributed by atoms with E-state index in [0.29, 0.717) is 0 Å². The number of benzene rings is 1. The van der Waals surface area contributed by atoms with Gasteiger partial charge in [-0.25, -0.2) is 0 Å². The van der Waals surface area contributed by atoms with Crippen LogP contribution in [0.5, 0.6) is 0 Å². The summed E-state index contributed by atoms with van der Waals surface area (Å²) in [7, 11) is 0. The number of hydrogen-bond acceptors (Lipinski definition) is 2. The Hall–Kier alpha value is -1.41. The Morgan fingerprint density at radius 3 is 2.56 bits per heavy atom. The summed E-state index contributed by atoms with van der Waals surface area (Å²) in [5.41, 5.74) is 2.89. The standard InChI is InChI=1S/C14H17NO/c1-9(2)14(16)13-8-10(3)11-6-4-5-7-12(11)15-13/h4-9,14,16H,1-3H3. The van der Waals surface area contributed by atoms with Crippen LogP contribution in [0.4, 0.5) is 0 Å². The van der Waals surface area contributed by atoms with Gasteiger partial charge in [0.1, 0.15) is 0 Å². The second-order valence-electron chi connectivity index (χ2n) is 4.57. The summed E-state index contributed by atoms with van der Waals surface area (Å²) in [4.78, 5) is 4.51. The van der Waals surface area contributed by atoms with Crippen LogP contribution in [0.15, 0.2) is 30.3 Å². The highest BCUT2D eigenvalue weighted by atomic mass is 16.3. The normalized spacial score (nSPS) is 13.3. The summed E-state index contributed by atoms with van der Waals surface area (Å²) in [6.45, 7) is 6.05. The van der Waals surface area contributed by atoms with Crippen LogP contribution in [-0.2, 0) is 0 Å². The monoisotopic (exact) mass is 215 g/mol. The van der Waals surface area contributed by atoms with Crippen molar-refractivity contribution in [2.75, 3.05) is 0 Å². The predicted molar refractivity (Wildman–Crippen MR) is 66.3 cm³/mol. The molecule has 84 valence electrons. The summed E-state index contributed by atoms with van der Waals surface area (Å²) < 4.78 is 0. The molecule has 1 unspecified atom stereocenters. The molecule has 0 radical (unpaired) electrons. The van der Waals surface area contributed by atoms with E-state index in [4.69, 9.17) is 0 Å². The Bertz CT molecular complexity index is 505. The predicted octanol–water partition coefficient (Wildman–Crippen LogP) is 3.23. The van der Waals surface area contributed by atoms with Gasteiger partial charge in [0, 0.05) is 5.39 Å². The van der Waals surface area contributed by atoms with Crippen LogP contribution in [0.2, 0.25) is 0 Å². The number of aliphatic hydroxyl groups is 1. The van der Waals surface area contributed by atoms with Crippen LogP contribution >= 0.6 is 0 Å². The van der Waals surface area contributed by atoms with E-state index in [1.807, 2.05) is 38.1 Å².